The summed E-state index contributed by atoms with van der Waals surface area (Å²) >= 11 is 2.18. The normalized spacial score (nSPS) is 14.6. The topological polar surface area (TPSA) is 142 Å². The lowest BCUT2D eigenvalue weighted by Gasteiger charge is -2.24. The summed E-state index contributed by atoms with van der Waals surface area (Å²) in [6.45, 7) is 1.44. The van der Waals surface area contributed by atoms with E-state index in [-0.39, 0.29) is 48.0 Å². The molecule has 10 nitrogen and oxygen atoms in total. The van der Waals surface area contributed by atoms with Crippen LogP contribution in [0.5, 0.6) is 0 Å². The van der Waals surface area contributed by atoms with Gasteiger partial charge in [-0.25, -0.2) is 0 Å². The molecule has 41 heavy (non-hydrogen) atoms. The molecule has 3 N–H and O–H groups in total. The largest absolute Gasteiger partial charge is 0.357 e. The minimum absolute atomic E-state index is 0.0939. The van der Waals surface area contributed by atoms with E-state index in [4.69, 9.17) is 0 Å². The third kappa shape index (κ3) is 8.67. The van der Waals surface area contributed by atoms with Crippen molar-refractivity contribution in [1.82, 2.24) is 20.9 Å². The monoisotopic (exact) mass is 598 g/mol. The van der Waals surface area contributed by atoms with Gasteiger partial charge in [0.25, 0.3) is 11.8 Å². The smallest absolute Gasteiger partial charge is 0.261 e. The SMILES string of the molecule is CNC(=O)[C@H](Cc1ccccc1)NC(=O)C(CSC)NC(=O)C(CCCN1C(=O)c2ccccc2C1=O)SC(C)=O. The third-order valence-electron chi connectivity index (χ3n) is 6.46. The van der Waals surface area contributed by atoms with E-state index in [9.17, 15) is 28.8 Å². The van der Waals surface area contributed by atoms with Crippen LogP contribution < -0.4 is 16.0 Å². The summed E-state index contributed by atoms with van der Waals surface area (Å²) in [5, 5.41) is 6.93. The van der Waals surface area contributed by atoms with Gasteiger partial charge in [-0.2, -0.15) is 11.8 Å². The van der Waals surface area contributed by atoms with Crippen molar-refractivity contribution in [3.8, 4) is 0 Å². The number of carbonyl (C=O) groups excluding carboxylic acids is 6. The average Bonchev–Trinajstić information content (AvgIpc) is 3.20. The Morgan fingerprint density at radius 3 is 1.98 bits per heavy atom. The van der Waals surface area contributed by atoms with Crippen LogP contribution in [0, 0.1) is 0 Å². The first kappa shape index (κ1) is 31.9. The summed E-state index contributed by atoms with van der Waals surface area (Å²) in [5.41, 5.74) is 1.55. The van der Waals surface area contributed by atoms with Crippen LogP contribution in [-0.4, -0.2) is 82.5 Å². The van der Waals surface area contributed by atoms with Crippen molar-refractivity contribution in [3.05, 3.63) is 71.3 Å². The number of rotatable bonds is 14. The zero-order chi connectivity index (χ0) is 29.9. The highest BCUT2D eigenvalue weighted by Gasteiger charge is 2.35. The number of hydrogen-bond donors (Lipinski definition) is 3. The van der Waals surface area contributed by atoms with Crippen LogP contribution in [0.25, 0.3) is 0 Å². The molecule has 12 heteroatoms. The van der Waals surface area contributed by atoms with Crippen molar-refractivity contribution in [3.63, 3.8) is 0 Å². The lowest BCUT2D eigenvalue weighted by Crippen LogP contribution is -2.56. The van der Waals surface area contributed by atoms with Gasteiger partial charge >= 0.3 is 0 Å². The van der Waals surface area contributed by atoms with Crippen LogP contribution in [0.4, 0.5) is 0 Å². The number of hydrogen-bond acceptors (Lipinski definition) is 8. The molecular formula is C29H34N4O6S2. The molecule has 0 saturated heterocycles. The molecule has 0 fully saturated rings. The summed E-state index contributed by atoms with van der Waals surface area (Å²) in [6, 6.07) is 14.0. The highest BCUT2D eigenvalue weighted by molar-refractivity contribution is 8.14. The second kappa shape index (κ2) is 15.4. The van der Waals surface area contributed by atoms with E-state index in [1.165, 1.54) is 25.7 Å². The van der Waals surface area contributed by atoms with Gasteiger partial charge in [0.15, 0.2) is 5.12 Å². The van der Waals surface area contributed by atoms with Crippen molar-refractivity contribution in [2.45, 2.75) is 43.5 Å². The lowest BCUT2D eigenvalue weighted by atomic mass is 10.0. The molecule has 2 aromatic rings. The van der Waals surface area contributed by atoms with Crippen molar-refractivity contribution in [1.29, 1.82) is 0 Å². The minimum Gasteiger partial charge on any atom is -0.357 e. The van der Waals surface area contributed by atoms with Crippen LogP contribution in [-0.2, 0) is 25.6 Å². The second-order valence-electron chi connectivity index (χ2n) is 9.43. The maximum atomic E-state index is 13.3. The fourth-order valence-corrected chi connectivity index (χ4v) is 5.87. The van der Waals surface area contributed by atoms with Gasteiger partial charge in [-0.1, -0.05) is 54.2 Å². The Morgan fingerprint density at radius 1 is 0.829 bits per heavy atom. The van der Waals surface area contributed by atoms with Gasteiger partial charge in [-0.3, -0.25) is 33.7 Å². The molecule has 3 rings (SSSR count). The molecule has 5 amide bonds. The maximum absolute atomic E-state index is 13.3. The number of nitrogens with one attached hydrogen (secondary N) is 3. The van der Waals surface area contributed by atoms with Crippen LogP contribution in [0.3, 0.4) is 0 Å². The molecule has 0 spiro atoms. The van der Waals surface area contributed by atoms with E-state index in [0.29, 0.717) is 17.5 Å². The average molecular weight is 599 g/mol. The summed E-state index contributed by atoms with van der Waals surface area (Å²) in [5.74, 6) is -1.92. The van der Waals surface area contributed by atoms with Crippen molar-refractivity contribution < 1.29 is 28.8 Å². The number of likely N-dealkylation sites (N-methyl/N-ethyl adjacent to an activating group) is 1. The lowest BCUT2D eigenvalue weighted by molar-refractivity contribution is -0.131. The van der Waals surface area contributed by atoms with Gasteiger partial charge in [-0.15, -0.1) is 0 Å². The van der Waals surface area contributed by atoms with E-state index in [0.717, 1.165) is 22.2 Å². The van der Waals surface area contributed by atoms with Gasteiger partial charge < -0.3 is 16.0 Å². The summed E-state index contributed by atoms with van der Waals surface area (Å²) < 4.78 is 0. The number of carbonyl (C=O) groups is 6. The molecule has 2 aromatic carbocycles. The minimum atomic E-state index is -0.952. The Hall–Kier alpha value is -3.64. The van der Waals surface area contributed by atoms with E-state index in [2.05, 4.69) is 16.0 Å². The first-order chi connectivity index (χ1) is 19.7. The molecule has 0 saturated carbocycles. The predicted molar refractivity (Wildman–Crippen MR) is 160 cm³/mol. The van der Waals surface area contributed by atoms with Crippen LogP contribution in [0.15, 0.2) is 54.6 Å². The first-order valence-corrected chi connectivity index (χ1v) is 15.4. The maximum Gasteiger partial charge on any atom is 0.261 e. The quantitative estimate of drug-likeness (QED) is 0.281. The second-order valence-corrected chi connectivity index (χ2v) is 11.7. The standard InChI is InChI=1S/C29H34N4O6S2/c1-18(34)41-24(14-9-15-33-28(38)20-12-7-8-13-21(20)29(33)39)27(37)32-23(17-40-3)26(36)31-22(25(35)30-2)16-19-10-5-4-6-11-19/h4-8,10-13,22-24H,9,14-17H2,1-3H3,(H,30,35)(H,31,36)(H,32,37)/t22-,23?,24?/m0/s1. The van der Waals surface area contributed by atoms with Gasteiger partial charge in [0.05, 0.1) is 16.4 Å². The number of fused-ring (bicyclic) bond motifs is 1. The number of amides is 5. The number of nitrogens with zero attached hydrogens (tertiary/aromatic N) is 1. The van der Waals surface area contributed by atoms with E-state index in [1.54, 1.807) is 30.5 Å². The molecular weight excluding hydrogens is 564 g/mol. The Balaban J connectivity index is 1.64. The number of benzene rings is 2. The fourth-order valence-electron chi connectivity index (χ4n) is 4.44. The van der Waals surface area contributed by atoms with Crippen LogP contribution >= 0.6 is 23.5 Å². The highest BCUT2D eigenvalue weighted by Crippen LogP contribution is 2.24. The summed E-state index contributed by atoms with van der Waals surface area (Å²) in [6.07, 6.45) is 2.55. The van der Waals surface area contributed by atoms with Crippen LogP contribution in [0.1, 0.15) is 46.0 Å². The Bertz CT molecular complexity index is 1250. The fraction of sp³-hybridized carbons (Fsp3) is 0.379. The number of thioether (sulfide) groups is 2. The molecule has 0 radical (unpaired) electrons. The molecule has 0 aromatic heterocycles. The predicted octanol–water partition coefficient (Wildman–Crippen LogP) is 2.03. The molecule has 1 aliphatic heterocycles. The van der Waals surface area contributed by atoms with E-state index in [1.807, 2.05) is 30.3 Å². The zero-order valence-electron chi connectivity index (χ0n) is 23.2. The molecule has 3 atom stereocenters. The molecule has 1 heterocycles. The summed E-state index contributed by atoms with van der Waals surface area (Å²) in [7, 11) is 1.49. The molecule has 0 aliphatic carbocycles. The van der Waals surface area contributed by atoms with E-state index >= 15 is 0 Å². The molecule has 2 unspecified atom stereocenters. The first-order valence-electron chi connectivity index (χ1n) is 13.1. The highest BCUT2D eigenvalue weighted by atomic mass is 32.2. The molecule has 0 bridgehead atoms. The van der Waals surface area contributed by atoms with Gasteiger partial charge in [0.2, 0.25) is 17.7 Å². The zero-order valence-corrected chi connectivity index (χ0v) is 24.8. The van der Waals surface area contributed by atoms with Gasteiger partial charge in [0.1, 0.15) is 12.1 Å². The van der Waals surface area contributed by atoms with Gasteiger partial charge in [0, 0.05) is 32.7 Å². The molecule has 218 valence electrons. The van der Waals surface area contributed by atoms with Crippen molar-refractivity contribution in [2.24, 2.45) is 0 Å². The Morgan fingerprint density at radius 2 is 1.41 bits per heavy atom. The Labute approximate surface area is 247 Å². The van der Waals surface area contributed by atoms with E-state index < -0.39 is 29.1 Å². The van der Waals surface area contributed by atoms with Crippen molar-refractivity contribution >= 4 is 58.2 Å². The van der Waals surface area contributed by atoms with Crippen LogP contribution in [0.2, 0.25) is 0 Å². The Kier molecular flexibility index (Phi) is 12.0. The molecule has 1 aliphatic rings. The number of imide groups is 1. The third-order valence-corrected chi connectivity index (χ3v) is 8.19. The summed E-state index contributed by atoms with van der Waals surface area (Å²) in [4.78, 5) is 77.4. The van der Waals surface area contributed by atoms with Crippen molar-refractivity contribution in [2.75, 3.05) is 25.6 Å². The van der Waals surface area contributed by atoms with Gasteiger partial charge in [-0.05, 0) is 36.8 Å².